The maximum absolute atomic E-state index is 4.74. The number of rotatable bonds is 5. The Morgan fingerprint density at radius 1 is 1.31 bits per heavy atom. The first-order valence-electron chi connectivity index (χ1n) is 8.77. The molecule has 1 N–H and O–H groups in total. The predicted molar refractivity (Wildman–Crippen MR) is 100 cm³/mol. The van der Waals surface area contributed by atoms with Crippen LogP contribution in [0.15, 0.2) is 24.1 Å². The summed E-state index contributed by atoms with van der Waals surface area (Å²) in [7, 11) is 2.04. The molecule has 0 aliphatic carbocycles. The smallest absolute Gasteiger partial charge is 0.210 e. The highest BCUT2D eigenvalue weighted by Gasteiger charge is 2.26. The molecule has 0 bridgehead atoms. The molecule has 4 rings (SSSR count). The van der Waals surface area contributed by atoms with Crippen molar-refractivity contribution >= 4 is 22.3 Å². The molecule has 1 saturated heterocycles. The minimum Gasteiger partial charge on any atom is -0.337 e. The number of likely N-dealkylation sites (tertiary alicyclic amines) is 1. The number of imidazole rings is 1. The topological polar surface area (TPSA) is 84.7 Å². The van der Waals surface area contributed by atoms with Gasteiger partial charge in [-0.2, -0.15) is 0 Å². The summed E-state index contributed by atoms with van der Waals surface area (Å²) in [6.45, 7) is 3.88. The van der Waals surface area contributed by atoms with Gasteiger partial charge in [0.25, 0.3) is 0 Å². The third-order valence-corrected chi connectivity index (χ3v) is 5.30. The number of aromatic nitrogens is 6. The lowest BCUT2D eigenvalue weighted by atomic mass is 9.98. The molecule has 1 fully saturated rings. The van der Waals surface area contributed by atoms with Crippen molar-refractivity contribution < 1.29 is 0 Å². The van der Waals surface area contributed by atoms with Crippen LogP contribution in [0, 0.1) is 6.92 Å². The van der Waals surface area contributed by atoms with E-state index in [0.29, 0.717) is 0 Å². The van der Waals surface area contributed by atoms with Gasteiger partial charge < -0.3 is 9.88 Å². The van der Waals surface area contributed by atoms with Crippen molar-refractivity contribution in [2.75, 3.05) is 11.9 Å². The monoisotopic (exact) mass is 370 g/mol. The molecule has 26 heavy (non-hydrogen) atoms. The molecule has 3 aromatic heterocycles. The Hall–Kier alpha value is -2.39. The van der Waals surface area contributed by atoms with Crippen molar-refractivity contribution in [2.24, 2.45) is 7.05 Å². The summed E-state index contributed by atoms with van der Waals surface area (Å²) in [6.07, 6.45) is 7.34. The molecule has 4 heterocycles. The highest BCUT2D eigenvalue weighted by atomic mass is 32.1. The van der Waals surface area contributed by atoms with Crippen molar-refractivity contribution in [2.45, 2.75) is 38.8 Å². The van der Waals surface area contributed by atoms with Gasteiger partial charge in [0.2, 0.25) is 5.13 Å². The standard InChI is InChI=1S/C17H22N8S/c1-12-20-14(7-16(21-12)22-17-23-19-11-26-17)15-5-3-4-6-25(15)9-13-8-18-10-24(13)2/h7-8,10-11,15H,3-6,9H2,1-2H3,(H,20,21,22,23)/t15-/m0/s1. The van der Waals surface area contributed by atoms with Gasteiger partial charge in [0, 0.05) is 25.9 Å². The van der Waals surface area contributed by atoms with E-state index in [1.807, 2.05) is 32.6 Å². The van der Waals surface area contributed by atoms with E-state index in [2.05, 4.69) is 34.9 Å². The molecule has 8 nitrogen and oxygen atoms in total. The van der Waals surface area contributed by atoms with Crippen LogP contribution >= 0.6 is 11.3 Å². The fourth-order valence-corrected chi connectivity index (χ4v) is 3.87. The molecular formula is C17H22N8S. The SMILES string of the molecule is Cc1nc(Nc2nncs2)cc([C@@H]2CCCCN2Cc2cncn2C)n1. The summed E-state index contributed by atoms with van der Waals surface area (Å²) in [5, 5.41) is 11.9. The van der Waals surface area contributed by atoms with Crippen LogP contribution in [0.5, 0.6) is 0 Å². The van der Waals surface area contributed by atoms with Gasteiger partial charge in [0.1, 0.15) is 17.2 Å². The second-order valence-corrected chi connectivity index (χ2v) is 7.41. The van der Waals surface area contributed by atoms with Crippen molar-refractivity contribution in [3.63, 3.8) is 0 Å². The van der Waals surface area contributed by atoms with Crippen LogP contribution in [-0.4, -0.2) is 41.2 Å². The molecule has 0 saturated carbocycles. The van der Waals surface area contributed by atoms with E-state index in [0.717, 1.165) is 42.0 Å². The number of aryl methyl sites for hydroxylation is 2. The lowest BCUT2D eigenvalue weighted by Crippen LogP contribution is -2.34. The third kappa shape index (κ3) is 3.73. The average Bonchev–Trinajstić information content (AvgIpc) is 3.27. The van der Waals surface area contributed by atoms with E-state index in [1.165, 1.54) is 29.9 Å². The Labute approximate surface area is 156 Å². The van der Waals surface area contributed by atoms with Gasteiger partial charge >= 0.3 is 0 Å². The van der Waals surface area contributed by atoms with Gasteiger partial charge in [-0.15, -0.1) is 10.2 Å². The molecule has 9 heteroatoms. The summed E-state index contributed by atoms with van der Waals surface area (Å²) in [4.78, 5) is 16.0. The highest BCUT2D eigenvalue weighted by Crippen LogP contribution is 2.32. The van der Waals surface area contributed by atoms with Crippen LogP contribution in [0.4, 0.5) is 10.9 Å². The maximum atomic E-state index is 4.74. The number of nitrogens with one attached hydrogen (secondary N) is 1. The molecule has 1 atom stereocenters. The molecule has 0 unspecified atom stereocenters. The molecule has 0 aromatic carbocycles. The fraction of sp³-hybridized carbons (Fsp3) is 0.471. The normalized spacial score (nSPS) is 18.2. The Kier molecular flexibility index (Phi) is 4.89. The van der Waals surface area contributed by atoms with Crippen LogP contribution < -0.4 is 5.32 Å². The predicted octanol–water partition coefficient (Wildman–Crippen LogP) is 2.84. The molecule has 1 aliphatic heterocycles. The Bertz CT molecular complexity index is 860. The summed E-state index contributed by atoms with van der Waals surface area (Å²) in [6, 6.07) is 2.33. The first-order chi connectivity index (χ1) is 12.7. The fourth-order valence-electron chi connectivity index (χ4n) is 3.42. The van der Waals surface area contributed by atoms with Crippen molar-refractivity contribution in [3.05, 3.63) is 41.3 Å². The quantitative estimate of drug-likeness (QED) is 0.739. The number of hydrogen-bond donors (Lipinski definition) is 1. The summed E-state index contributed by atoms with van der Waals surface area (Å²) < 4.78 is 2.08. The molecule has 0 radical (unpaired) electrons. The number of nitrogens with zero attached hydrogens (tertiary/aromatic N) is 7. The summed E-state index contributed by atoms with van der Waals surface area (Å²) in [5.74, 6) is 1.54. The van der Waals surface area contributed by atoms with E-state index >= 15 is 0 Å². The summed E-state index contributed by atoms with van der Waals surface area (Å²) in [5.41, 5.74) is 3.98. The van der Waals surface area contributed by atoms with E-state index in [-0.39, 0.29) is 6.04 Å². The zero-order valence-electron chi connectivity index (χ0n) is 15.0. The minimum atomic E-state index is 0.287. The lowest BCUT2D eigenvalue weighted by Gasteiger charge is -2.35. The molecule has 0 amide bonds. The van der Waals surface area contributed by atoms with Crippen LogP contribution in [0.3, 0.4) is 0 Å². The zero-order valence-corrected chi connectivity index (χ0v) is 15.8. The average molecular weight is 370 g/mol. The van der Waals surface area contributed by atoms with Gasteiger partial charge in [-0.3, -0.25) is 4.90 Å². The minimum absolute atomic E-state index is 0.287. The van der Waals surface area contributed by atoms with Gasteiger partial charge in [-0.05, 0) is 26.3 Å². The van der Waals surface area contributed by atoms with Gasteiger partial charge in [0.05, 0.1) is 23.8 Å². The molecule has 1 aliphatic rings. The Balaban J connectivity index is 1.59. The van der Waals surface area contributed by atoms with Gasteiger partial charge in [-0.1, -0.05) is 17.8 Å². The second-order valence-electron chi connectivity index (χ2n) is 6.57. The Morgan fingerprint density at radius 2 is 2.23 bits per heavy atom. The first-order valence-corrected chi connectivity index (χ1v) is 9.65. The second kappa shape index (κ2) is 7.46. The molecule has 3 aromatic rings. The van der Waals surface area contributed by atoms with E-state index < -0.39 is 0 Å². The van der Waals surface area contributed by atoms with Crippen LogP contribution in [-0.2, 0) is 13.6 Å². The largest absolute Gasteiger partial charge is 0.337 e. The Morgan fingerprint density at radius 3 is 3.00 bits per heavy atom. The summed E-state index contributed by atoms with van der Waals surface area (Å²) >= 11 is 1.46. The van der Waals surface area contributed by atoms with E-state index in [1.54, 1.807) is 5.51 Å². The first kappa shape index (κ1) is 17.0. The van der Waals surface area contributed by atoms with Crippen molar-refractivity contribution in [1.82, 2.24) is 34.6 Å². The number of anilines is 2. The number of hydrogen-bond acceptors (Lipinski definition) is 8. The van der Waals surface area contributed by atoms with Gasteiger partial charge in [0.15, 0.2) is 0 Å². The number of piperidine rings is 1. The van der Waals surface area contributed by atoms with Crippen LogP contribution in [0.1, 0.15) is 42.5 Å². The van der Waals surface area contributed by atoms with Crippen molar-refractivity contribution in [1.29, 1.82) is 0 Å². The van der Waals surface area contributed by atoms with Gasteiger partial charge in [-0.25, -0.2) is 15.0 Å². The molecule has 136 valence electrons. The maximum Gasteiger partial charge on any atom is 0.210 e. The van der Waals surface area contributed by atoms with E-state index in [9.17, 15) is 0 Å². The zero-order chi connectivity index (χ0) is 17.9. The third-order valence-electron chi connectivity index (χ3n) is 4.69. The highest BCUT2D eigenvalue weighted by molar-refractivity contribution is 7.13. The van der Waals surface area contributed by atoms with Crippen molar-refractivity contribution in [3.8, 4) is 0 Å². The molecule has 0 spiro atoms. The van der Waals surface area contributed by atoms with Crippen LogP contribution in [0.2, 0.25) is 0 Å². The lowest BCUT2D eigenvalue weighted by molar-refractivity contribution is 0.134. The van der Waals surface area contributed by atoms with E-state index in [4.69, 9.17) is 4.98 Å². The van der Waals surface area contributed by atoms with Crippen LogP contribution in [0.25, 0.3) is 0 Å². The molecular weight excluding hydrogens is 348 g/mol.